The van der Waals surface area contributed by atoms with Gasteiger partial charge in [-0.15, -0.1) is 0 Å². The predicted molar refractivity (Wildman–Crippen MR) is 104 cm³/mol. The fraction of sp³-hybridized carbons (Fsp3) is 0.333. The number of piperidine rings is 1. The zero-order chi connectivity index (χ0) is 20.4. The lowest BCUT2D eigenvalue weighted by atomic mass is 9.93. The summed E-state index contributed by atoms with van der Waals surface area (Å²) in [6, 6.07) is 5.81. The van der Waals surface area contributed by atoms with E-state index in [2.05, 4.69) is 15.1 Å². The lowest BCUT2D eigenvalue weighted by Gasteiger charge is -2.32. The van der Waals surface area contributed by atoms with Crippen LogP contribution in [0, 0.1) is 12.7 Å². The smallest absolute Gasteiger partial charge is 0.257 e. The Morgan fingerprint density at radius 3 is 2.48 bits per heavy atom. The molecule has 1 saturated heterocycles. The van der Waals surface area contributed by atoms with Crippen LogP contribution in [0.3, 0.4) is 0 Å². The van der Waals surface area contributed by atoms with E-state index in [9.17, 15) is 9.18 Å². The van der Waals surface area contributed by atoms with E-state index < -0.39 is 0 Å². The average Bonchev–Trinajstić information content (AvgIpc) is 3.08. The monoisotopic (exact) mass is 395 g/mol. The van der Waals surface area contributed by atoms with Crippen LogP contribution < -0.4 is 4.74 Å². The van der Waals surface area contributed by atoms with E-state index in [1.807, 2.05) is 18.9 Å². The van der Waals surface area contributed by atoms with E-state index in [1.165, 1.54) is 12.1 Å². The lowest BCUT2D eigenvalue weighted by molar-refractivity contribution is 0.0710. The highest BCUT2D eigenvalue weighted by Gasteiger charge is 2.29. The van der Waals surface area contributed by atoms with Gasteiger partial charge in [-0.25, -0.2) is 9.37 Å². The maximum atomic E-state index is 13.1. The molecule has 1 fully saturated rings. The number of carbonyl (C=O) groups excluding carboxylic acids is 1. The van der Waals surface area contributed by atoms with Crippen LogP contribution in [0.1, 0.15) is 40.5 Å². The van der Waals surface area contributed by atoms with Crippen molar-refractivity contribution < 1.29 is 13.9 Å². The maximum absolute atomic E-state index is 13.1. The highest BCUT2D eigenvalue weighted by Crippen LogP contribution is 2.34. The molecule has 29 heavy (non-hydrogen) atoms. The van der Waals surface area contributed by atoms with Crippen LogP contribution in [-0.2, 0) is 7.05 Å². The summed E-state index contributed by atoms with van der Waals surface area (Å²) in [5.41, 5.74) is 2.27. The van der Waals surface area contributed by atoms with Crippen molar-refractivity contribution in [3.8, 4) is 11.6 Å². The van der Waals surface area contributed by atoms with Crippen molar-refractivity contribution in [2.75, 3.05) is 13.1 Å². The first-order valence-electron chi connectivity index (χ1n) is 9.55. The fourth-order valence-corrected chi connectivity index (χ4v) is 3.54. The number of aryl methyl sites for hydroxylation is 1. The summed E-state index contributed by atoms with van der Waals surface area (Å²) in [5, 5.41) is 4.16. The van der Waals surface area contributed by atoms with Gasteiger partial charge in [0.15, 0.2) is 0 Å². The fourth-order valence-electron chi connectivity index (χ4n) is 3.54. The molecule has 0 saturated carbocycles. The van der Waals surface area contributed by atoms with Crippen molar-refractivity contribution in [3.05, 3.63) is 65.6 Å². The molecular weight excluding hydrogens is 373 g/mol. The largest absolute Gasteiger partial charge is 0.437 e. The first-order chi connectivity index (χ1) is 14.0. The summed E-state index contributed by atoms with van der Waals surface area (Å²) in [6.45, 7) is 3.15. The molecule has 1 aromatic carbocycles. The Hall–Kier alpha value is -3.29. The van der Waals surface area contributed by atoms with E-state index in [-0.39, 0.29) is 17.6 Å². The summed E-state index contributed by atoms with van der Waals surface area (Å²) >= 11 is 0. The number of aromatic nitrogens is 4. The molecule has 0 atom stereocenters. The molecule has 0 aliphatic carbocycles. The zero-order valence-corrected chi connectivity index (χ0v) is 16.4. The quantitative estimate of drug-likeness (QED) is 0.676. The molecule has 3 aromatic rings. The van der Waals surface area contributed by atoms with E-state index in [0.717, 1.165) is 24.2 Å². The minimum absolute atomic E-state index is 0.0102. The van der Waals surface area contributed by atoms with Gasteiger partial charge in [0.2, 0.25) is 5.88 Å². The van der Waals surface area contributed by atoms with Crippen LogP contribution in [0.2, 0.25) is 0 Å². The second-order valence-electron chi connectivity index (χ2n) is 7.14. The number of rotatable bonds is 4. The van der Waals surface area contributed by atoms with E-state index >= 15 is 0 Å². The van der Waals surface area contributed by atoms with Gasteiger partial charge in [-0.3, -0.25) is 14.5 Å². The molecule has 8 heteroatoms. The van der Waals surface area contributed by atoms with Gasteiger partial charge < -0.3 is 9.64 Å². The molecule has 150 valence electrons. The Balaban J connectivity index is 1.45. The highest BCUT2D eigenvalue weighted by molar-refractivity contribution is 5.95. The van der Waals surface area contributed by atoms with Crippen molar-refractivity contribution >= 4 is 5.91 Å². The zero-order valence-electron chi connectivity index (χ0n) is 16.4. The molecule has 0 radical (unpaired) electrons. The van der Waals surface area contributed by atoms with E-state index in [1.54, 1.807) is 35.4 Å². The number of carbonyl (C=O) groups is 1. The number of halogens is 1. The van der Waals surface area contributed by atoms with E-state index in [0.29, 0.717) is 30.3 Å². The van der Waals surface area contributed by atoms with Crippen LogP contribution >= 0.6 is 0 Å². The third-order valence-electron chi connectivity index (χ3n) is 5.35. The standard InChI is InChI=1S/C21H22FN5O2/c1-14-18(13-25-26(14)2)21(28)27-11-7-15(8-12-27)19-20(24-10-9-23-19)29-17-5-3-16(22)4-6-17/h3-6,9-10,13,15H,7-8,11-12H2,1-2H3. The van der Waals surface area contributed by atoms with Gasteiger partial charge in [0.1, 0.15) is 17.3 Å². The van der Waals surface area contributed by atoms with Gasteiger partial charge in [0, 0.05) is 44.1 Å². The maximum Gasteiger partial charge on any atom is 0.257 e. The van der Waals surface area contributed by atoms with Crippen LogP contribution in [-0.4, -0.2) is 43.6 Å². The summed E-state index contributed by atoms with van der Waals surface area (Å²) in [7, 11) is 1.83. The molecule has 1 aliphatic rings. The molecule has 0 N–H and O–H groups in total. The number of hydrogen-bond acceptors (Lipinski definition) is 5. The van der Waals surface area contributed by atoms with Crippen molar-refractivity contribution in [1.82, 2.24) is 24.6 Å². The van der Waals surface area contributed by atoms with Crippen molar-refractivity contribution in [2.24, 2.45) is 7.05 Å². The van der Waals surface area contributed by atoms with Crippen LogP contribution in [0.25, 0.3) is 0 Å². The van der Waals surface area contributed by atoms with Gasteiger partial charge in [-0.05, 0) is 44.0 Å². The Bertz CT molecular complexity index is 1010. The number of likely N-dealkylation sites (tertiary alicyclic amines) is 1. The van der Waals surface area contributed by atoms with Gasteiger partial charge in [0.25, 0.3) is 5.91 Å². The first-order valence-corrected chi connectivity index (χ1v) is 9.55. The molecule has 2 aromatic heterocycles. The van der Waals surface area contributed by atoms with Gasteiger partial charge in [0.05, 0.1) is 11.8 Å². The SMILES string of the molecule is Cc1c(C(=O)N2CCC(c3nccnc3Oc3ccc(F)cc3)CC2)cnn1C. The first kappa shape index (κ1) is 19.0. The Labute approximate surface area is 168 Å². The number of amides is 1. The minimum Gasteiger partial charge on any atom is -0.437 e. The number of ether oxygens (including phenoxy) is 1. The second-order valence-corrected chi connectivity index (χ2v) is 7.14. The van der Waals surface area contributed by atoms with Crippen molar-refractivity contribution in [3.63, 3.8) is 0 Å². The van der Waals surface area contributed by atoms with E-state index in [4.69, 9.17) is 4.74 Å². The normalized spacial score (nSPS) is 14.8. The molecule has 3 heterocycles. The summed E-state index contributed by atoms with van der Waals surface area (Å²) in [6.07, 6.45) is 6.38. The van der Waals surface area contributed by atoms with Gasteiger partial charge in [-0.2, -0.15) is 5.10 Å². The predicted octanol–water partition coefficient (Wildman–Crippen LogP) is 3.47. The molecule has 4 rings (SSSR count). The summed E-state index contributed by atoms with van der Waals surface area (Å²) < 4.78 is 20.7. The summed E-state index contributed by atoms with van der Waals surface area (Å²) in [5.74, 6) is 0.756. The third kappa shape index (κ3) is 3.96. The molecule has 1 aliphatic heterocycles. The van der Waals surface area contributed by atoms with Crippen LogP contribution in [0.15, 0.2) is 42.9 Å². The van der Waals surface area contributed by atoms with Crippen LogP contribution in [0.4, 0.5) is 4.39 Å². The number of nitrogens with zero attached hydrogens (tertiary/aromatic N) is 5. The van der Waals surface area contributed by atoms with Crippen LogP contribution in [0.5, 0.6) is 11.6 Å². The molecular formula is C21H22FN5O2. The number of hydrogen-bond donors (Lipinski definition) is 0. The lowest BCUT2D eigenvalue weighted by Crippen LogP contribution is -2.38. The molecule has 0 spiro atoms. The molecule has 0 unspecified atom stereocenters. The third-order valence-corrected chi connectivity index (χ3v) is 5.35. The molecule has 1 amide bonds. The van der Waals surface area contributed by atoms with Crippen molar-refractivity contribution in [2.45, 2.75) is 25.7 Å². The summed E-state index contributed by atoms with van der Waals surface area (Å²) in [4.78, 5) is 23.5. The second kappa shape index (κ2) is 7.98. The number of benzene rings is 1. The van der Waals surface area contributed by atoms with Gasteiger partial charge in [-0.1, -0.05) is 0 Å². The average molecular weight is 395 g/mol. The Kier molecular flexibility index (Phi) is 5.24. The van der Waals surface area contributed by atoms with Gasteiger partial charge >= 0.3 is 0 Å². The minimum atomic E-state index is -0.322. The molecule has 0 bridgehead atoms. The Morgan fingerprint density at radius 2 is 1.83 bits per heavy atom. The van der Waals surface area contributed by atoms with Crippen molar-refractivity contribution in [1.29, 1.82) is 0 Å². The highest BCUT2D eigenvalue weighted by atomic mass is 19.1. The topological polar surface area (TPSA) is 73.1 Å². The Morgan fingerprint density at radius 1 is 1.14 bits per heavy atom. The molecule has 7 nitrogen and oxygen atoms in total.